The van der Waals surface area contributed by atoms with Crippen molar-refractivity contribution in [3.63, 3.8) is 0 Å². The maximum Gasteiger partial charge on any atom is 0.124 e. The Labute approximate surface area is 76.7 Å². The summed E-state index contributed by atoms with van der Waals surface area (Å²) in [6, 6.07) is 0. The second-order valence-corrected chi connectivity index (χ2v) is 2.24. The molecule has 1 aliphatic rings. The highest BCUT2D eigenvalue weighted by atomic mass is 16.1. The van der Waals surface area contributed by atoms with Gasteiger partial charge in [0.15, 0.2) is 0 Å². The van der Waals surface area contributed by atoms with Crippen LogP contribution in [0.4, 0.5) is 0 Å². The summed E-state index contributed by atoms with van der Waals surface area (Å²) in [5.74, 6) is 0.295. The first-order chi connectivity index (χ1) is 5.93. The zero-order valence-electron chi connectivity index (χ0n) is 8.89. The van der Waals surface area contributed by atoms with Crippen LogP contribution in [-0.4, -0.2) is 19.4 Å². The molecule has 0 aromatic heterocycles. The Morgan fingerprint density at radius 2 is 1.83 bits per heavy atom. The summed E-state index contributed by atoms with van der Waals surface area (Å²) < 4.78 is 0. The van der Waals surface area contributed by atoms with Crippen LogP contribution < -0.4 is 5.32 Å². The molecule has 12 heavy (non-hydrogen) atoms. The predicted molar refractivity (Wildman–Crippen MR) is 54.4 cm³/mol. The lowest BCUT2D eigenvalue weighted by Gasteiger charge is -2.16. The number of hydrogen-bond acceptors (Lipinski definition) is 2. The van der Waals surface area contributed by atoms with E-state index >= 15 is 0 Å². The van der Waals surface area contributed by atoms with Gasteiger partial charge in [-0.3, -0.25) is 0 Å². The number of hydrogen-bond donors (Lipinski definition) is 1. The summed E-state index contributed by atoms with van der Waals surface area (Å²) in [4.78, 5) is 10.1. The molecule has 1 heterocycles. The highest BCUT2D eigenvalue weighted by Gasteiger charge is 2.09. The van der Waals surface area contributed by atoms with Crippen LogP contribution in [0.15, 0.2) is 0 Å². The van der Waals surface area contributed by atoms with E-state index in [-0.39, 0.29) is 0 Å². The topological polar surface area (TPSA) is 29.1 Å². The van der Waals surface area contributed by atoms with Crippen LogP contribution in [0.25, 0.3) is 0 Å². The van der Waals surface area contributed by atoms with E-state index in [9.17, 15) is 4.79 Å². The van der Waals surface area contributed by atoms with Gasteiger partial charge in [0.2, 0.25) is 0 Å². The summed E-state index contributed by atoms with van der Waals surface area (Å²) in [6.45, 7) is 9.98. The largest absolute Gasteiger partial charge is 0.316 e. The average molecular weight is 173 g/mol. The second kappa shape index (κ2) is 13.2. The number of nitrogens with one attached hydrogen (secondary N) is 1. The summed E-state index contributed by atoms with van der Waals surface area (Å²) >= 11 is 0. The van der Waals surface area contributed by atoms with Crippen molar-refractivity contribution >= 4 is 6.29 Å². The number of piperidine rings is 1. The van der Waals surface area contributed by atoms with Crippen molar-refractivity contribution in [2.24, 2.45) is 5.92 Å². The second-order valence-electron chi connectivity index (χ2n) is 2.24. The molecule has 0 amide bonds. The van der Waals surface area contributed by atoms with Crippen molar-refractivity contribution in [1.82, 2.24) is 5.32 Å². The van der Waals surface area contributed by atoms with Gasteiger partial charge in [-0.2, -0.15) is 0 Å². The van der Waals surface area contributed by atoms with Gasteiger partial charge in [-0.25, -0.2) is 0 Å². The average Bonchev–Trinajstić information content (AvgIpc) is 2.25. The van der Waals surface area contributed by atoms with Crippen LogP contribution in [0.1, 0.15) is 40.5 Å². The van der Waals surface area contributed by atoms with Gasteiger partial charge in [0.05, 0.1) is 0 Å². The van der Waals surface area contributed by atoms with Gasteiger partial charge in [-0.05, 0) is 19.4 Å². The van der Waals surface area contributed by atoms with Crippen molar-refractivity contribution in [2.45, 2.75) is 40.5 Å². The van der Waals surface area contributed by atoms with Gasteiger partial charge < -0.3 is 10.1 Å². The van der Waals surface area contributed by atoms with E-state index in [1.54, 1.807) is 0 Å². The van der Waals surface area contributed by atoms with E-state index in [4.69, 9.17) is 0 Å². The molecule has 1 N–H and O–H groups in total. The summed E-state index contributed by atoms with van der Waals surface area (Å²) in [6.07, 6.45) is 3.28. The summed E-state index contributed by atoms with van der Waals surface area (Å²) in [7, 11) is 0. The van der Waals surface area contributed by atoms with E-state index in [0.717, 1.165) is 32.2 Å². The fraction of sp³-hybridized carbons (Fsp3) is 0.900. The molecule has 0 bridgehead atoms. The Morgan fingerprint density at radius 1 is 1.25 bits per heavy atom. The maximum absolute atomic E-state index is 10.1. The fourth-order valence-electron chi connectivity index (χ4n) is 0.995. The van der Waals surface area contributed by atoms with Crippen molar-refractivity contribution in [3.8, 4) is 0 Å². The van der Waals surface area contributed by atoms with E-state index in [1.807, 2.05) is 27.7 Å². The van der Waals surface area contributed by atoms with Crippen LogP contribution in [0.2, 0.25) is 0 Å². The fourth-order valence-corrected chi connectivity index (χ4v) is 0.995. The minimum Gasteiger partial charge on any atom is -0.316 e. The van der Waals surface area contributed by atoms with Crippen LogP contribution >= 0.6 is 0 Å². The zero-order chi connectivity index (χ0) is 9.82. The van der Waals surface area contributed by atoms with Crippen molar-refractivity contribution in [3.05, 3.63) is 0 Å². The Bertz CT molecular complexity index is 77.9. The molecule has 0 spiro atoms. The molecule has 74 valence electrons. The maximum atomic E-state index is 10.1. The Morgan fingerprint density at radius 3 is 2.08 bits per heavy atom. The minimum absolute atomic E-state index is 0.295. The molecule has 2 heteroatoms. The molecular weight excluding hydrogens is 150 g/mol. The quantitative estimate of drug-likeness (QED) is 0.616. The lowest BCUT2D eigenvalue weighted by Crippen LogP contribution is -2.30. The number of rotatable bonds is 1. The highest BCUT2D eigenvalue weighted by molar-refractivity contribution is 5.53. The van der Waals surface area contributed by atoms with Crippen LogP contribution in [0, 0.1) is 5.92 Å². The Kier molecular flexibility index (Phi) is 15.6. The summed E-state index contributed by atoms with van der Waals surface area (Å²) in [5, 5.41) is 3.15. The van der Waals surface area contributed by atoms with Gasteiger partial charge >= 0.3 is 0 Å². The number of aldehydes is 1. The summed E-state index contributed by atoms with van der Waals surface area (Å²) in [5.41, 5.74) is 0. The molecule has 0 aromatic carbocycles. The lowest BCUT2D eigenvalue weighted by molar-refractivity contribution is -0.111. The standard InChI is InChI=1S/C6H11NO.2C2H6/c8-5-6-2-1-3-7-4-6;2*1-2/h5-7H,1-4H2;2*1-2H3. The number of carbonyl (C=O) groups excluding carboxylic acids is 1. The molecule has 0 aliphatic carbocycles. The van der Waals surface area contributed by atoms with E-state index in [0.29, 0.717) is 5.92 Å². The van der Waals surface area contributed by atoms with Crippen LogP contribution in [-0.2, 0) is 4.79 Å². The molecule has 0 radical (unpaired) electrons. The van der Waals surface area contributed by atoms with Crippen LogP contribution in [0.3, 0.4) is 0 Å². The monoisotopic (exact) mass is 173 g/mol. The molecule has 1 aliphatic heterocycles. The third kappa shape index (κ3) is 7.73. The molecule has 0 aromatic rings. The SMILES string of the molecule is CC.CC.O=CC1CCCNC1. The highest BCUT2D eigenvalue weighted by Crippen LogP contribution is 2.05. The van der Waals surface area contributed by atoms with Gasteiger partial charge in [0, 0.05) is 12.5 Å². The van der Waals surface area contributed by atoms with Gasteiger partial charge in [0.1, 0.15) is 6.29 Å². The molecular formula is C10H23NO. The molecule has 1 rings (SSSR count). The molecule has 1 atom stereocenters. The molecule has 1 saturated heterocycles. The van der Waals surface area contributed by atoms with E-state index in [1.165, 1.54) is 0 Å². The first-order valence-electron chi connectivity index (χ1n) is 5.09. The smallest absolute Gasteiger partial charge is 0.124 e. The van der Waals surface area contributed by atoms with E-state index in [2.05, 4.69) is 5.32 Å². The van der Waals surface area contributed by atoms with Gasteiger partial charge in [-0.15, -0.1) is 0 Å². The predicted octanol–water partition coefficient (Wildman–Crippen LogP) is 2.24. The van der Waals surface area contributed by atoms with E-state index < -0.39 is 0 Å². The first kappa shape index (κ1) is 14.2. The Hall–Kier alpha value is -0.370. The van der Waals surface area contributed by atoms with Gasteiger partial charge in [-0.1, -0.05) is 27.7 Å². The van der Waals surface area contributed by atoms with Crippen molar-refractivity contribution in [2.75, 3.05) is 13.1 Å². The molecule has 0 saturated carbocycles. The van der Waals surface area contributed by atoms with Crippen LogP contribution in [0.5, 0.6) is 0 Å². The third-order valence-electron chi connectivity index (χ3n) is 1.53. The van der Waals surface area contributed by atoms with Crippen molar-refractivity contribution in [1.29, 1.82) is 0 Å². The van der Waals surface area contributed by atoms with Crippen molar-refractivity contribution < 1.29 is 4.79 Å². The molecule has 1 unspecified atom stereocenters. The third-order valence-corrected chi connectivity index (χ3v) is 1.53. The Balaban J connectivity index is 0. The number of carbonyl (C=O) groups is 1. The normalized spacial score (nSPS) is 20.8. The first-order valence-corrected chi connectivity index (χ1v) is 5.09. The molecule has 2 nitrogen and oxygen atoms in total. The minimum atomic E-state index is 0.295. The van der Waals surface area contributed by atoms with Gasteiger partial charge in [0.25, 0.3) is 0 Å². The lowest BCUT2D eigenvalue weighted by atomic mass is 10.0. The zero-order valence-corrected chi connectivity index (χ0v) is 8.89. The molecule has 1 fully saturated rings.